The zero-order valence-corrected chi connectivity index (χ0v) is 10.1. The summed E-state index contributed by atoms with van der Waals surface area (Å²) in [4.78, 5) is 27.2. The summed E-state index contributed by atoms with van der Waals surface area (Å²) in [5.74, 6) is -0.852. The van der Waals surface area contributed by atoms with Crippen LogP contribution in [-0.2, 0) is 4.74 Å². The normalized spacial score (nSPS) is 9.89. The number of nitrogens with two attached hydrogens (primary N) is 1. The second-order valence-corrected chi connectivity index (χ2v) is 3.86. The van der Waals surface area contributed by atoms with E-state index in [2.05, 4.69) is 4.98 Å². The molecule has 2 aromatic rings. The number of ketones is 1. The standard InChI is InChI=1S/C14H12N2O3/c15-12-3-1-2-11(8-12)14(18)19-9-13(17)10-4-6-16-7-5-10/h1-8H,9,15H2. The quantitative estimate of drug-likeness (QED) is 0.511. The molecule has 0 fully saturated rings. The summed E-state index contributed by atoms with van der Waals surface area (Å²) in [7, 11) is 0. The topological polar surface area (TPSA) is 82.3 Å². The molecule has 0 bridgehead atoms. The number of pyridine rings is 1. The van der Waals surface area contributed by atoms with Gasteiger partial charge in [-0.15, -0.1) is 0 Å². The number of benzene rings is 1. The van der Waals surface area contributed by atoms with E-state index in [0.29, 0.717) is 16.8 Å². The molecular weight excluding hydrogens is 244 g/mol. The first-order valence-corrected chi connectivity index (χ1v) is 5.63. The van der Waals surface area contributed by atoms with E-state index in [1.54, 1.807) is 30.3 Å². The molecule has 0 unspecified atom stereocenters. The Morgan fingerprint density at radius 1 is 1.11 bits per heavy atom. The van der Waals surface area contributed by atoms with Crippen LogP contribution in [0.3, 0.4) is 0 Å². The van der Waals surface area contributed by atoms with E-state index >= 15 is 0 Å². The molecule has 5 heteroatoms. The Balaban J connectivity index is 1.96. The maximum absolute atomic E-state index is 11.7. The fourth-order valence-corrected chi connectivity index (χ4v) is 1.50. The number of hydrogen-bond donors (Lipinski definition) is 1. The second kappa shape index (κ2) is 5.77. The number of aromatic nitrogens is 1. The molecule has 0 radical (unpaired) electrons. The summed E-state index contributed by atoms with van der Waals surface area (Å²) < 4.78 is 4.93. The van der Waals surface area contributed by atoms with Crippen molar-refractivity contribution in [2.75, 3.05) is 12.3 Å². The number of carbonyl (C=O) groups excluding carboxylic acids is 2. The Labute approximate surface area is 110 Å². The fraction of sp³-hybridized carbons (Fsp3) is 0.0714. The fourth-order valence-electron chi connectivity index (χ4n) is 1.50. The first-order chi connectivity index (χ1) is 9.16. The maximum atomic E-state index is 11.7. The lowest BCUT2D eigenvalue weighted by Crippen LogP contribution is -2.14. The SMILES string of the molecule is Nc1cccc(C(=O)OCC(=O)c2ccncc2)c1. The van der Waals surface area contributed by atoms with Crippen molar-refractivity contribution in [1.82, 2.24) is 4.98 Å². The van der Waals surface area contributed by atoms with Crippen molar-refractivity contribution in [2.24, 2.45) is 0 Å². The largest absolute Gasteiger partial charge is 0.454 e. The van der Waals surface area contributed by atoms with Crippen LogP contribution in [0.1, 0.15) is 20.7 Å². The molecule has 2 N–H and O–H groups in total. The van der Waals surface area contributed by atoms with Crippen molar-refractivity contribution in [1.29, 1.82) is 0 Å². The van der Waals surface area contributed by atoms with Crippen LogP contribution in [0.5, 0.6) is 0 Å². The molecule has 1 heterocycles. The predicted molar refractivity (Wildman–Crippen MR) is 69.7 cm³/mol. The van der Waals surface area contributed by atoms with Crippen molar-refractivity contribution >= 4 is 17.4 Å². The third-order valence-corrected chi connectivity index (χ3v) is 2.46. The third-order valence-electron chi connectivity index (χ3n) is 2.46. The zero-order valence-electron chi connectivity index (χ0n) is 10.1. The van der Waals surface area contributed by atoms with Crippen LogP contribution >= 0.6 is 0 Å². The first-order valence-electron chi connectivity index (χ1n) is 5.63. The molecule has 0 atom stereocenters. The van der Waals surface area contributed by atoms with Crippen LogP contribution in [0.2, 0.25) is 0 Å². The summed E-state index contributed by atoms with van der Waals surface area (Å²) in [6.07, 6.45) is 3.01. The van der Waals surface area contributed by atoms with Crippen LogP contribution in [-0.4, -0.2) is 23.3 Å². The minimum absolute atomic E-state index is 0.278. The molecule has 1 aromatic carbocycles. The second-order valence-electron chi connectivity index (χ2n) is 3.86. The van der Waals surface area contributed by atoms with Gasteiger partial charge in [-0.1, -0.05) is 6.07 Å². The molecule has 0 spiro atoms. The van der Waals surface area contributed by atoms with Gasteiger partial charge < -0.3 is 10.5 Å². The predicted octanol–water partition coefficient (Wildman–Crippen LogP) is 1.70. The number of hydrogen-bond acceptors (Lipinski definition) is 5. The average Bonchev–Trinajstić information content (AvgIpc) is 2.45. The van der Waals surface area contributed by atoms with E-state index in [0.717, 1.165) is 0 Å². The van der Waals surface area contributed by atoms with Crippen molar-refractivity contribution in [3.63, 3.8) is 0 Å². The monoisotopic (exact) mass is 256 g/mol. The van der Waals surface area contributed by atoms with Gasteiger partial charge in [-0.2, -0.15) is 0 Å². The van der Waals surface area contributed by atoms with Gasteiger partial charge in [0.1, 0.15) is 0 Å². The number of anilines is 1. The molecule has 0 aliphatic heterocycles. The highest BCUT2D eigenvalue weighted by Crippen LogP contribution is 2.08. The number of Topliss-reactive ketones (excluding diaryl/α,β-unsaturated/α-hetero) is 1. The molecule has 5 nitrogen and oxygen atoms in total. The van der Waals surface area contributed by atoms with Crippen molar-refractivity contribution < 1.29 is 14.3 Å². The molecular formula is C14H12N2O3. The summed E-state index contributed by atoms with van der Waals surface area (Å²) in [5, 5.41) is 0. The summed E-state index contributed by atoms with van der Waals surface area (Å²) in [6, 6.07) is 9.53. The van der Waals surface area contributed by atoms with E-state index in [1.165, 1.54) is 18.5 Å². The number of nitrogens with zero attached hydrogens (tertiary/aromatic N) is 1. The molecule has 2 rings (SSSR count). The van der Waals surface area contributed by atoms with E-state index in [9.17, 15) is 9.59 Å². The Morgan fingerprint density at radius 2 is 1.84 bits per heavy atom. The minimum Gasteiger partial charge on any atom is -0.454 e. The van der Waals surface area contributed by atoms with Crippen LogP contribution < -0.4 is 5.73 Å². The maximum Gasteiger partial charge on any atom is 0.338 e. The van der Waals surface area contributed by atoms with Gasteiger partial charge in [0.05, 0.1) is 5.56 Å². The molecule has 0 aliphatic rings. The van der Waals surface area contributed by atoms with Gasteiger partial charge in [0.15, 0.2) is 12.4 Å². The molecule has 0 amide bonds. The van der Waals surface area contributed by atoms with Gasteiger partial charge in [-0.25, -0.2) is 4.79 Å². The van der Waals surface area contributed by atoms with Gasteiger partial charge in [0, 0.05) is 23.6 Å². The van der Waals surface area contributed by atoms with Gasteiger partial charge in [0.2, 0.25) is 0 Å². The zero-order chi connectivity index (χ0) is 13.7. The summed E-state index contributed by atoms with van der Waals surface area (Å²) in [5.41, 5.74) is 6.81. The molecule has 19 heavy (non-hydrogen) atoms. The Morgan fingerprint density at radius 3 is 2.53 bits per heavy atom. The number of carbonyl (C=O) groups is 2. The van der Waals surface area contributed by atoms with Crippen LogP contribution in [0, 0.1) is 0 Å². The lowest BCUT2D eigenvalue weighted by molar-refractivity contribution is 0.0475. The van der Waals surface area contributed by atoms with E-state index in [4.69, 9.17) is 10.5 Å². The number of ether oxygens (including phenoxy) is 1. The van der Waals surface area contributed by atoms with Gasteiger partial charge in [-0.05, 0) is 30.3 Å². The van der Waals surface area contributed by atoms with Crippen LogP contribution in [0.15, 0.2) is 48.8 Å². The van der Waals surface area contributed by atoms with Crippen molar-refractivity contribution in [3.05, 3.63) is 59.9 Å². The summed E-state index contributed by atoms with van der Waals surface area (Å²) in [6.45, 7) is -0.308. The molecule has 0 saturated heterocycles. The van der Waals surface area contributed by atoms with E-state index in [-0.39, 0.29) is 12.4 Å². The van der Waals surface area contributed by atoms with Gasteiger partial charge >= 0.3 is 5.97 Å². The molecule has 1 aromatic heterocycles. The number of nitrogen functional groups attached to an aromatic ring is 1. The Kier molecular flexibility index (Phi) is 3.87. The van der Waals surface area contributed by atoms with Gasteiger partial charge in [0.25, 0.3) is 0 Å². The Hall–Kier alpha value is -2.69. The smallest absolute Gasteiger partial charge is 0.338 e. The van der Waals surface area contributed by atoms with Crippen LogP contribution in [0.25, 0.3) is 0 Å². The first kappa shape index (κ1) is 12.8. The van der Waals surface area contributed by atoms with E-state index < -0.39 is 5.97 Å². The Bertz CT molecular complexity index is 597. The highest BCUT2D eigenvalue weighted by atomic mass is 16.5. The lowest BCUT2D eigenvalue weighted by Gasteiger charge is -2.04. The number of rotatable bonds is 4. The third kappa shape index (κ3) is 3.38. The van der Waals surface area contributed by atoms with Gasteiger partial charge in [-0.3, -0.25) is 9.78 Å². The van der Waals surface area contributed by atoms with Crippen molar-refractivity contribution in [2.45, 2.75) is 0 Å². The molecule has 96 valence electrons. The molecule has 0 saturated carbocycles. The van der Waals surface area contributed by atoms with E-state index in [1.807, 2.05) is 0 Å². The average molecular weight is 256 g/mol. The van der Waals surface area contributed by atoms with Crippen molar-refractivity contribution in [3.8, 4) is 0 Å². The molecule has 0 aliphatic carbocycles. The van der Waals surface area contributed by atoms with Crippen LogP contribution in [0.4, 0.5) is 5.69 Å². The summed E-state index contributed by atoms with van der Waals surface area (Å²) >= 11 is 0. The minimum atomic E-state index is -0.574. The highest BCUT2D eigenvalue weighted by molar-refractivity contribution is 5.99. The lowest BCUT2D eigenvalue weighted by atomic mass is 10.2. The highest BCUT2D eigenvalue weighted by Gasteiger charge is 2.11. The number of esters is 1.